The van der Waals surface area contributed by atoms with E-state index in [2.05, 4.69) is 4.98 Å². The van der Waals surface area contributed by atoms with E-state index in [1.807, 2.05) is 0 Å². The first-order valence-corrected chi connectivity index (χ1v) is 11.7. The molecule has 0 bridgehead atoms. The van der Waals surface area contributed by atoms with Crippen molar-refractivity contribution in [3.05, 3.63) is 10.6 Å². The highest BCUT2D eigenvalue weighted by molar-refractivity contribution is 8.87. The summed E-state index contributed by atoms with van der Waals surface area (Å²) in [6.45, 7) is 4.39. The van der Waals surface area contributed by atoms with E-state index in [0.29, 0.717) is 24.5 Å². The lowest BCUT2D eigenvalue weighted by Crippen LogP contribution is -2.07. The van der Waals surface area contributed by atoms with Gasteiger partial charge in [0.05, 0.1) is 23.8 Å². The van der Waals surface area contributed by atoms with Crippen molar-refractivity contribution in [2.45, 2.75) is 33.1 Å². The lowest BCUT2D eigenvalue weighted by Gasteiger charge is -2.13. The zero-order chi connectivity index (χ0) is 15.3. The van der Waals surface area contributed by atoms with Crippen molar-refractivity contribution in [1.82, 2.24) is 4.98 Å². The Kier molecular flexibility index (Phi) is 6.58. The van der Waals surface area contributed by atoms with Gasteiger partial charge in [0.1, 0.15) is 23.3 Å². The number of hydrogen-bond acceptors (Lipinski definition) is 9. The first-order chi connectivity index (χ1) is 10.1. The molecule has 0 saturated carbocycles. The molecule has 1 aliphatic carbocycles. The van der Waals surface area contributed by atoms with Crippen molar-refractivity contribution >= 4 is 46.2 Å². The Bertz CT molecular complexity index is 538. The molecule has 1 aromatic rings. The minimum Gasteiger partial charge on any atom is -0.398 e. The summed E-state index contributed by atoms with van der Waals surface area (Å²) >= 11 is 2.66. The number of thiazole rings is 1. The summed E-state index contributed by atoms with van der Waals surface area (Å²) in [5.41, 5.74) is 0.737. The van der Waals surface area contributed by atoms with Gasteiger partial charge in [-0.15, -0.1) is 0 Å². The number of fused-ring (bicyclic) bond motifs is 1. The summed E-state index contributed by atoms with van der Waals surface area (Å²) in [4.78, 5) is 16.7. The second kappa shape index (κ2) is 7.99. The van der Waals surface area contributed by atoms with Crippen LogP contribution in [0, 0.1) is 0 Å². The molecule has 0 unspecified atom stereocenters. The van der Waals surface area contributed by atoms with Crippen LogP contribution in [0.2, 0.25) is 0 Å². The van der Waals surface area contributed by atoms with Crippen LogP contribution in [-0.2, 0) is 19.4 Å². The average molecular weight is 369 g/mol. The summed E-state index contributed by atoms with van der Waals surface area (Å²) in [5.74, 6) is -3.20. The van der Waals surface area contributed by atoms with Gasteiger partial charge in [-0.1, -0.05) is 11.3 Å². The lowest BCUT2D eigenvalue weighted by atomic mass is 10.0. The Morgan fingerprint density at radius 1 is 1.24 bits per heavy atom. The van der Waals surface area contributed by atoms with Crippen LogP contribution in [0.4, 0.5) is 0 Å². The predicted octanol–water partition coefficient (Wildman–Crippen LogP) is 4.52. The van der Waals surface area contributed by atoms with Gasteiger partial charge in [-0.3, -0.25) is 4.79 Å². The normalized spacial score (nSPS) is 15.0. The number of aryl methyl sites for hydroxylation is 1. The Morgan fingerprint density at radius 2 is 1.90 bits per heavy atom. The molecule has 0 N–H and O–H groups in total. The maximum atomic E-state index is 12.6. The van der Waals surface area contributed by atoms with Gasteiger partial charge in [-0.05, 0) is 26.7 Å². The zero-order valence-corrected chi connectivity index (χ0v) is 15.0. The van der Waals surface area contributed by atoms with E-state index in [-0.39, 0.29) is 11.0 Å². The Balaban J connectivity index is 2.12. The van der Waals surface area contributed by atoms with Crippen LogP contribution in [0.15, 0.2) is 0 Å². The van der Waals surface area contributed by atoms with Crippen LogP contribution in [0.3, 0.4) is 0 Å². The summed E-state index contributed by atoms with van der Waals surface area (Å²) in [6, 6.07) is 0. The average Bonchev–Trinajstić information content (AvgIpc) is 2.87. The third-order valence-electron chi connectivity index (χ3n) is 2.46. The van der Waals surface area contributed by atoms with Crippen LogP contribution in [0.25, 0.3) is 0 Å². The molecule has 0 atom stereocenters. The molecule has 10 heteroatoms. The fourth-order valence-corrected chi connectivity index (χ4v) is 7.09. The first kappa shape index (κ1) is 17.3. The smallest absolute Gasteiger partial charge is 0.398 e. The summed E-state index contributed by atoms with van der Waals surface area (Å²) in [5, 5.41) is 0.234. The van der Waals surface area contributed by atoms with Gasteiger partial charge in [0.25, 0.3) is 5.19 Å². The maximum absolute atomic E-state index is 12.6. The molecule has 0 radical (unpaired) electrons. The molecule has 118 valence electrons. The van der Waals surface area contributed by atoms with Crippen molar-refractivity contribution in [3.8, 4) is 5.19 Å². The van der Waals surface area contributed by atoms with E-state index >= 15 is 0 Å². The van der Waals surface area contributed by atoms with Crippen molar-refractivity contribution in [1.29, 1.82) is 0 Å². The van der Waals surface area contributed by atoms with Gasteiger partial charge in [0.15, 0.2) is 5.78 Å². The monoisotopic (exact) mass is 369 g/mol. The molecule has 0 saturated heterocycles. The lowest BCUT2D eigenvalue weighted by molar-refractivity contribution is 0.0976. The van der Waals surface area contributed by atoms with E-state index in [9.17, 15) is 9.36 Å². The van der Waals surface area contributed by atoms with E-state index in [1.54, 1.807) is 13.8 Å². The minimum atomic E-state index is -3.28. The molecular formula is C11H16NO5PS3. The van der Waals surface area contributed by atoms with Crippen LogP contribution >= 0.6 is 40.4 Å². The van der Waals surface area contributed by atoms with E-state index in [1.165, 1.54) is 0 Å². The topological polar surface area (TPSA) is 74.7 Å². The van der Waals surface area contributed by atoms with Gasteiger partial charge < -0.3 is 12.9 Å². The van der Waals surface area contributed by atoms with Crippen LogP contribution < -0.4 is 4.52 Å². The maximum Gasteiger partial charge on any atom is 0.413 e. The van der Waals surface area contributed by atoms with Crippen molar-refractivity contribution in [3.63, 3.8) is 0 Å². The zero-order valence-electron chi connectivity index (χ0n) is 11.7. The van der Waals surface area contributed by atoms with Crippen LogP contribution in [0.5, 0.6) is 5.19 Å². The Labute approximate surface area is 135 Å². The highest BCUT2D eigenvalue weighted by atomic mass is 33.1. The van der Waals surface area contributed by atoms with E-state index < -0.39 is 5.77 Å². The molecule has 1 aliphatic rings. The number of nitrogens with zero attached hydrogens (tertiary/aromatic N) is 1. The highest BCUT2D eigenvalue weighted by Crippen LogP contribution is 2.70. The van der Waals surface area contributed by atoms with E-state index in [4.69, 9.17) is 12.9 Å². The van der Waals surface area contributed by atoms with Gasteiger partial charge in [0.2, 0.25) is 0 Å². The molecular weight excluding hydrogens is 353 g/mol. The number of hydrogen-bond donors (Lipinski definition) is 0. The largest absolute Gasteiger partial charge is 0.413 e. The molecule has 0 fully saturated rings. The quantitative estimate of drug-likeness (QED) is 0.489. The second-order valence-corrected chi connectivity index (χ2v) is 11.3. The van der Waals surface area contributed by atoms with Gasteiger partial charge >= 0.3 is 5.77 Å². The predicted molar refractivity (Wildman–Crippen MR) is 86.1 cm³/mol. The van der Waals surface area contributed by atoms with Crippen molar-refractivity contribution in [2.75, 3.05) is 13.2 Å². The number of rotatable bonds is 8. The van der Waals surface area contributed by atoms with Crippen molar-refractivity contribution < 1.29 is 22.2 Å². The van der Waals surface area contributed by atoms with Crippen LogP contribution in [0.1, 0.15) is 42.1 Å². The first-order valence-electron chi connectivity index (χ1n) is 6.53. The fourth-order valence-electron chi connectivity index (χ4n) is 1.66. The second-order valence-electron chi connectivity index (χ2n) is 4.03. The fraction of sp³-hybridized carbons (Fsp3) is 0.636. The molecule has 1 aromatic heterocycles. The molecule has 1 heterocycles. The number of carbonyl (C=O) groups is 1. The molecule has 0 aliphatic heterocycles. The van der Waals surface area contributed by atoms with Gasteiger partial charge in [0, 0.05) is 6.42 Å². The molecule has 0 amide bonds. The van der Waals surface area contributed by atoms with E-state index in [0.717, 1.165) is 53.2 Å². The molecule has 21 heavy (non-hydrogen) atoms. The molecule has 2 rings (SSSR count). The summed E-state index contributed by atoms with van der Waals surface area (Å²) < 4.78 is 28.4. The Hall–Kier alpha value is -0.0500. The SMILES string of the molecule is CCOSP(=O)(Oc1nc2c(s1)C(=O)CCC2)SOCC. The number of aromatic nitrogens is 1. The molecule has 6 nitrogen and oxygen atoms in total. The van der Waals surface area contributed by atoms with Gasteiger partial charge in [-0.2, -0.15) is 0 Å². The summed E-state index contributed by atoms with van der Waals surface area (Å²) in [7, 11) is 0. The third-order valence-corrected chi connectivity index (χ3v) is 8.32. The highest BCUT2D eigenvalue weighted by Gasteiger charge is 2.33. The standard InChI is InChI=1S/C11H16NO5PS3/c1-3-15-20-18(14,21-16-4-2)17-11-12-8-6-5-7-9(13)10(8)19-11/h3-7H2,1-2H3. The number of ketones is 1. The van der Waals surface area contributed by atoms with Crippen LogP contribution in [-0.4, -0.2) is 24.0 Å². The van der Waals surface area contributed by atoms with Gasteiger partial charge in [-0.25, -0.2) is 9.55 Å². The molecule has 0 aromatic carbocycles. The Morgan fingerprint density at radius 3 is 2.48 bits per heavy atom. The number of Topliss-reactive ketones (excluding diaryl/α,β-unsaturated/α-hetero) is 1. The number of carbonyl (C=O) groups excluding carboxylic acids is 1. The molecule has 0 spiro atoms. The minimum absolute atomic E-state index is 0.0772. The summed E-state index contributed by atoms with van der Waals surface area (Å²) in [6.07, 6.45) is 2.09. The van der Waals surface area contributed by atoms with Crippen molar-refractivity contribution in [2.24, 2.45) is 0 Å². The third kappa shape index (κ3) is 4.71.